The fourth-order valence-corrected chi connectivity index (χ4v) is 3.27. The van der Waals surface area contributed by atoms with Crippen molar-refractivity contribution in [1.29, 1.82) is 0 Å². The van der Waals surface area contributed by atoms with Crippen molar-refractivity contribution in [2.75, 3.05) is 4.72 Å². The molecule has 0 saturated heterocycles. The number of aromatic hydroxyl groups is 1. The molecule has 0 spiro atoms. The number of nitrogens with one attached hydrogen (secondary N) is 1. The Bertz CT molecular complexity index is 809. The smallest absolute Gasteiger partial charge is 0.262 e. The first kappa shape index (κ1) is 15.9. The van der Waals surface area contributed by atoms with Crippen LogP contribution < -0.4 is 4.72 Å². The van der Waals surface area contributed by atoms with Gasteiger partial charge >= 0.3 is 0 Å². The quantitative estimate of drug-likeness (QED) is 0.824. The van der Waals surface area contributed by atoms with Gasteiger partial charge in [-0.25, -0.2) is 12.8 Å². The van der Waals surface area contributed by atoms with Crippen molar-refractivity contribution >= 4 is 38.9 Å². The van der Waals surface area contributed by atoms with Gasteiger partial charge in [-0.1, -0.05) is 23.2 Å². The number of phenolic OH excluding ortho intramolecular Hbond substituents is 1. The first-order chi connectivity index (χ1) is 9.70. The molecule has 0 aliphatic heterocycles. The van der Waals surface area contributed by atoms with Crippen LogP contribution in [0.1, 0.15) is 5.56 Å². The van der Waals surface area contributed by atoms with Crippen molar-refractivity contribution in [2.45, 2.75) is 11.8 Å². The fourth-order valence-electron chi connectivity index (χ4n) is 1.63. The zero-order valence-electron chi connectivity index (χ0n) is 10.7. The summed E-state index contributed by atoms with van der Waals surface area (Å²) in [5.41, 5.74) is 0.0284. The van der Waals surface area contributed by atoms with Gasteiger partial charge in [-0.15, -0.1) is 0 Å². The van der Waals surface area contributed by atoms with Gasteiger partial charge in [0.2, 0.25) is 0 Å². The molecule has 2 N–H and O–H groups in total. The van der Waals surface area contributed by atoms with Gasteiger partial charge in [-0.2, -0.15) is 0 Å². The predicted octanol–water partition coefficient (Wildman–Crippen LogP) is 3.95. The zero-order chi connectivity index (χ0) is 15.8. The summed E-state index contributed by atoms with van der Waals surface area (Å²) >= 11 is 11.5. The number of hydrogen-bond acceptors (Lipinski definition) is 3. The van der Waals surface area contributed by atoms with Gasteiger partial charge in [-0.3, -0.25) is 4.72 Å². The number of benzene rings is 2. The summed E-state index contributed by atoms with van der Waals surface area (Å²) in [5, 5.41) is 9.82. The molecular weight excluding hydrogens is 340 g/mol. The van der Waals surface area contributed by atoms with Crippen molar-refractivity contribution in [3.63, 3.8) is 0 Å². The van der Waals surface area contributed by atoms with Crippen molar-refractivity contribution < 1.29 is 17.9 Å². The van der Waals surface area contributed by atoms with Gasteiger partial charge in [0.05, 0.1) is 15.6 Å². The van der Waals surface area contributed by atoms with Crippen LogP contribution in [-0.2, 0) is 10.0 Å². The molecule has 8 heteroatoms. The molecule has 0 aliphatic carbocycles. The largest absolute Gasteiger partial charge is 0.504 e. The molecule has 2 aromatic carbocycles. The lowest BCUT2D eigenvalue weighted by Gasteiger charge is -2.11. The van der Waals surface area contributed by atoms with Crippen LogP contribution in [0.4, 0.5) is 10.1 Å². The van der Waals surface area contributed by atoms with Crippen molar-refractivity contribution in [3.8, 4) is 5.75 Å². The number of hydrogen-bond donors (Lipinski definition) is 2. The Balaban J connectivity index is 2.44. The number of anilines is 1. The van der Waals surface area contributed by atoms with E-state index < -0.39 is 21.6 Å². The molecule has 112 valence electrons. The third-order valence-electron chi connectivity index (χ3n) is 2.71. The molecule has 0 fully saturated rings. The molecule has 4 nitrogen and oxygen atoms in total. The molecule has 0 aromatic heterocycles. The van der Waals surface area contributed by atoms with Crippen molar-refractivity contribution in [2.24, 2.45) is 0 Å². The predicted molar refractivity (Wildman–Crippen MR) is 80.1 cm³/mol. The van der Waals surface area contributed by atoms with Crippen molar-refractivity contribution in [3.05, 3.63) is 51.8 Å². The normalized spacial score (nSPS) is 11.4. The van der Waals surface area contributed by atoms with Gasteiger partial charge in [0.25, 0.3) is 10.0 Å². The number of sulfonamides is 1. The van der Waals surface area contributed by atoms with E-state index in [1.807, 2.05) is 0 Å². The van der Waals surface area contributed by atoms with Crippen LogP contribution in [0.2, 0.25) is 10.0 Å². The maximum Gasteiger partial charge on any atom is 0.262 e. The Labute approximate surface area is 131 Å². The molecule has 0 heterocycles. The van der Waals surface area contributed by atoms with E-state index in [0.29, 0.717) is 0 Å². The van der Waals surface area contributed by atoms with Crippen LogP contribution >= 0.6 is 23.2 Å². The highest BCUT2D eigenvalue weighted by Crippen LogP contribution is 2.36. The number of rotatable bonds is 3. The zero-order valence-corrected chi connectivity index (χ0v) is 13.0. The van der Waals surface area contributed by atoms with Gasteiger partial charge in [-0.05, 0) is 42.8 Å². The van der Waals surface area contributed by atoms with E-state index in [1.165, 1.54) is 25.1 Å². The van der Waals surface area contributed by atoms with Gasteiger partial charge < -0.3 is 5.11 Å². The lowest BCUT2D eigenvalue weighted by molar-refractivity contribution is 0.478. The molecular formula is C13H10Cl2FNO3S. The van der Waals surface area contributed by atoms with Crippen molar-refractivity contribution in [1.82, 2.24) is 0 Å². The molecule has 2 rings (SSSR count). The Morgan fingerprint density at radius 2 is 1.86 bits per heavy atom. The standard InChI is InChI=1S/C13H10Cl2FNO3S/c1-7-4-9(2-3-11(7)16)21(19,20)17-12-6-8(14)5-10(15)13(12)18/h2-6,17-18H,1H3. The highest BCUT2D eigenvalue weighted by Gasteiger charge is 2.18. The van der Waals surface area contributed by atoms with E-state index in [4.69, 9.17) is 23.2 Å². The minimum Gasteiger partial charge on any atom is -0.504 e. The summed E-state index contributed by atoms with van der Waals surface area (Å²) in [7, 11) is -4.00. The highest BCUT2D eigenvalue weighted by molar-refractivity contribution is 7.92. The lowest BCUT2D eigenvalue weighted by atomic mass is 10.2. The Kier molecular flexibility index (Phi) is 4.32. The van der Waals surface area contributed by atoms with Gasteiger partial charge in [0.15, 0.2) is 5.75 Å². The van der Waals surface area contributed by atoms with E-state index in [2.05, 4.69) is 4.72 Å². The number of aryl methyl sites for hydroxylation is 1. The third kappa shape index (κ3) is 3.40. The minimum atomic E-state index is -4.00. The highest BCUT2D eigenvalue weighted by atomic mass is 35.5. The fraction of sp³-hybridized carbons (Fsp3) is 0.0769. The van der Waals surface area contributed by atoms with Crippen LogP contribution in [0.25, 0.3) is 0 Å². The Morgan fingerprint density at radius 3 is 2.48 bits per heavy atom. The van der Waals surface area contributed by atoms with E-state index in [-0.39, 0.29) is 26.2 Å². The van der Waals surface area contributed by atoms with E-state index in [1.54, 1.807) is 0 Å². The second-order valence-electron chi connectivity index (χ2n) is 4.30. The second-order valence-corrected chi connectivity index (χ2v) is 6.83. The molecule has 21 heavy (non-hydrogen) atoms. The molecule has 0 saturated carbocycles. The number of halogens is 3. The summed E-state index contributed by atoms with van der Waals surface area (Å²) < 4.78 is 39.8. The average Bonchev–Trinajstić information content (AvgIpc) is 2.38. The molecule has 0 unspecified atom stereocenters. The summed E-state index contributed by atoms with van der Waals surface area (Å²) in [6.07, 6.45) is 0. The second kappa shape index (κ2) is 5.71. The van der Waals surface area contributed by atoms with Crippen LogP contribution in [0, 0.1) is 12.7 Å². The van der Waals surface area contributed by atoms with E-state index in [0.717, 1.165) is 12.1 Å². The molecule has 0 atom stereocenters. The monoisotopic (exact) mass is 349 g/mol. The topological polar surface area (TPSA) is 66.4 Å². The van der Waals surface area contributed by atoms with Crippen LogP contribution in [0.3, 0.4) is 0 Å². The molecule has 0 bridgehead atoms. The average molecular weight is 350 g/mol. The molecule has 2 aromatic rings. The third-order valence-corrected chi connectivity index (χ3v) is 4.58. The molecule has 0 radical (unpaired) electrons. The van der Waals surface area contributed by atoms with Crippen LogP contribution in [-0.4, -0.2) is 13.5 Å². The first-order valence-corrected chi connectivity index (χ1v) is 7.91. The summed E-state index contributed by atoms with van der Waals surface area (Å²) in [6.45, 7) is 1.45. The maximum atomic E-state index is 13.2. The summed E-state index contributed by atoms with van der Waals surface area (Å²) in [6, 6.07) is 5.85. The maximum absolute atomic E-state index is 13.2. The molecule has 0 amide bonds. The minimum absolute atomic E-state index is 0.0875. The summed E-state index contributed by atoms with van der Waals surface area (Å²) in [4.78, 5) is -0.142. The molecule has 0 aliphatic rings. The number of phenols is 1. The lowest BCUT2D eigenvalue weighted by Crippen LogP contribution is -2.13. The summed E-state index contributed by atoms with van der Waals surface area (Å²) in [5.74, 6) is -0.953. The van der Waals surface area contributed by atoms with Crippen LogP contribution in [0.15, 0.2) is 35.2 Å². The first-order valence-electron chi connectivity index (χ1n) is 5.67. The SMILES string of the molecule is Cc1cc(S(=O)(=O)Nc2cc(Cl)cc(Cl)c2O)ccc1F. The van der Waals surface area contributed by atoms with Gasteiger partial charge in [0.1, 0.15) is 5.82 Å². The van der Waals surface area contributed by atoms with Crippen LogP contribution in [0.5, 0.6) is 5.75 Å². The van der Waals surface area contributed by atoms with E-state index in [9.17, 15) is 17.9 Å². The van der Waals surface area contributed by atoms with Gasteiger partial charge in [0, 0.05) is 5.02 Å². The Hall–Kier alpha value is -1.50. The van der Waals surface area contributed by atoms with E-state index >= 15 is 0 Å². The Morgan fingerprint density at radius 1 is 1.19 bits per heavy atom.